The molecular formula is C18H26ClN3O2. The third-order valence-electron chi connectivity index (χ3n) is 4.53. The quantitative estimate of drug-likeness (QED) is 0.838. The molecule has 1 aromatic carbocycles. The Hall–Kier alpha value is -1.56. The van der Waals surface area contributed by atoms with E-state index in [1.54, 1.807) is 0 Å². The van der Waals surface area contributed by atoms with Crippen molar-refractivity contribution >= 4 is 12.4 Å². The van der Waals surface area contributed by atoms with Crippen LogP contribution < -0.4 is 10.1 Å². The van der Waals surface area contributed by atoms with E-state index in [0.717, 1.165) is 43.3 Å². The molecular weight excluding hydrogens is 326 g/mol. The molecule has 1 aromatic heterocycles. The third kappa shape index (κ3) is 4.09. The summed E-state index contributed by atoms with van der Waals surface area (Å²) >= 11 is 0. The average Bonchev–Trinajstić information content (AvgIpc) is 2.82. The van der Waals surface area contributed by atoms with Gasteiger partial charge < -0.3 is 15.2 Å². The van der Waals surface area contributed by atoms with Crippen LogP contribution in [-0.4, -0.2) is 34.6 Å². The molecule has 132 valence electrons. The number of hydrogen-bond donors (Lipinski definition) is 2. The Morgan fingerprint density at radius 1 is 1.33 bits per heavy atom. The van der Waals surface area contributed by atoms with Gasteiger partial charge in [0.05, 0.1) is 25.5 Å². The normalized spacial score (nSPS) is 16.2. The van der Waals surface area contributed by atoms with Crippen LogP contribution in [0, 0.1) is 19.8 Å². The van der Waals surface area contributed by atoms with Gasteiger partial charge in [-0.25, -0.2) is 0 Å². The highest BCUT2D eigenvalue weighted by Crippen LogP contribution is 2.26. The fraction of sp³-hybridized carbons (Fsp3) is 0.500. The van der Waals surface area contributed by atoms with Crippen molar-refractivity contribution in [1.82, 2.24) is 15.1 Å². The summed E-state index contributed by atoms with van der Waals surface area (Å²) in [5.74, 6) is 1.53. The maximum absolute atomic E-state index is 9.08. The van der Waals surface area contributed by atoms with E-state index in [2.05, 4.69) is 29.5 Å². The molecule has 0 bridgehead atoms. The van der Waals surface area contributed by atoms with Crippen molar-refractivity contribution in [2.75, 3.05) is 19.8 Å². The number of para-hydroxylation sites is 1. The molecule has 0 spiro atoms. The zero-order chi connectivity index (χ0) is 16.2. The first-order valence-electron chi connectivity index (χ1n) is 8.24. The summed E-state index contributed by atoms with van der Waals surface area (Å²) < 4.78 is 7.72. The van der Waals surface area contributed by atoms with Gasteiger partial charge in [-0.15, -0.1) is 12.4 Å². The SMILES string of the molecule is Cc1nn(CCO)c(C)c1CNCC1COc2ccccc2C1.Cl. The largest absolute Gasteiger partial charge is 0.493 e. The second-order valence-corrected chi connectivity index (χ2v) is 6.22. The van der Waals surface area contributed by atoms with E-state index in [0.29, 0.717) is 12.5 Å². The summed E-state index contributed by atoms with van der Waals surface area (Å²) in [5, 5.41) is 17.1. The lowest BCUT2D eigenvalue weighted by atomic mass is 9.96. The standard InChI is InChI=1S/C18H25N3O2.ClH/c1-13-17(14(2)21(20-13)7-8-22)11-19-10-15-9-16-5-3-4-6-18(16)23-12-15;/h3-6,15,19,22H,7-12H2,1-2H3;1H. The van der Waals surface area contributed by atoms with Crippen molar-refractivity contribution < 1.29 is 9.84 Å². The van der Waals surface area contributed by atoms with Crippen LogP contribution in [0.25, 0.3) is 0 Å². The number of rotatable bonds is 6. The number of benzene rings is 1. The minimum absolute atomic E-state index is 0. The minimum Gasteiger partial charge on any atom is -0.493 e. The van der Waals surface area contributed by atoms with Gasteiger partial charge in [0.2, 0.25) is 0 Å². The van der Waals surface area contributed by atoms with E-state index in [4.69, 9.17) is 9.84 Å². The molecule has 1 unspecified atom stereocenters. The van der Waals surface area contributed by atoms with E-state index in [1.807, 2.05) is 23.7 Å². The molecule has 6 heteroatoms. The van der Waals surface area contributed by atoms with Gasteiger partial charge in [-0.2, -0.15) is 5.10 Å². The van der Waals surface area contributed by atoms with E-state index < -0.39 is 0 Å². The lowest BCUT2D eigenvalue weighted by molar-refractivity contribution is 0.218. The highest BCUT2D eigenvalue weighted by Gasteiger charge is 2.19. The van der Waals surface area contributed by atoms with Crippen LogP contribution in [-0.2, 0) is 19.5 Å². The van der Waals surface area contributed by atoms with Gasteiger partial charge in [-0.1, -0.05) is 18.2 Å². The van der Waals surface area contributed by atoms with Crippen LogP contribution in [0.4, 0.5) is 0 Å². The second kappa shape index (κ2) is 8.51. The van der Waals surface area contributed by atoms with Gasteiger partial charge in [0, 0.05) is 30.3 Å². The number of aliphatic hydroxyl groups is 1. The second-order valence-electron chi connectivity index (χ2n) is 6.22. The van der Waals surface area contributed by atoms with Crippen LogP contribution >= 0.6 is 12.4 Å². The molecule has 24 heavy (non-hydrogen) atoms. The van der Waals surface area contributed by atoms with Crippen molar-refractivity contribution in [1.29, 1.82) is 0 Å². The molecule has 1 atom stereocenters. The highest BCUT2D eigenvalue weighted by molar-refractivity contribution is 5.85. The molecule has 0 amide bonds. The van der Waals surface area contributed by atoms with Crippen molar-refractivity contribution in [2.24, 2.45) is 5.92 Å². The van der Waals surface area contributed by atoms with Gasteiger partial charge in [0.15, 0.2) is 0 Å². The first-order chi connectivity index (χ1) is 11.2. The molecule has 2 aromatic rings. The molecule has 0 saturated heterocycles. The number of aromatic nitrogens is 2. The zero-order valence-corrected chi connectivity index (χ0v) is 15.1. The molecule has 3 rings (SSSR count). The van der Waals surface area contributed by atoms with Gasteiger partial charge in [0.25, 0.3) is 0 Å². The molecule has 0 aliphatic carbocycles. The molecule has 0 fully saturated rings. The number of aryl methyl sites for hydroxylation is 1. The van der Waals surface area contributed by atoms with Crippen molar-refractivity contribution in [3.8, 4) is 5.75 Å². The Morgan fingerprint density at radius 2 is 2.12 bits per heavy atom. The van der Waals surface area contributed by atoms with Crippen LogP contribution in [0.2, 0.25) is 0 Å². The molecule has 0 saturated carbocycles. The zero-order valence-electron chi connectivity index (χ0n) is 14.3. The van der Waals surface area contributed by atoms with Crippen LogP contribution in [0.3, 0.4) is 0 Å². The number of nitrogens with one attached hydrogen (secondary N) is 1. The average molecular weight is 352 g/mol. The summed E-state index contributed by atoms with van der Waals surface area (Å²) in [6, 6.07) is 8.28. The van der Waals surface area contributed by atoms with E-state index in [1.165, 1.54) is 11.1 Å². The third-order valence-corrected chi connectivity index (χ3v) is 4.53. The summed E-state index contributed by atoms with van der Waals surface area (Å²) in [6.07, 6.45) is 1.06. The minimum atomic E-state index is 0. The van der Waals surface area contributed by atoms with Crippen molar-refractivity contribution in [3.05, 3.63) is 46.8 Å². The lowest BCUT2D eigenvalue weighted by Gasteiger charge is -2.25. The predicted molar refractivity (Wildman–Crippen MR) is 96.9 cm³/mol. The smallest absolute Gasteiger partial charge is 0.122 e. The Balaban J connectivity index is 0.00000208. The number of nitrogens with zero attached hydrogens (tertiary/aromatic N) is 2. The summed E-state index contributed by atoms with van der Waals surface area (Å²) in [4.78, 5) is 0. The summed E-state index contributed by atoms with van der Waals surface area (Å²) in [6.45, 7) is 7.27. The Kier molecular flexibility index (Phi) is 6.66. The summed E-state index contributed by atoms with van der Waals surface area (Å²) in [5.41, 5.74) is 4.70. The van der Waals surface area contributed by atoms with Gasteiger partial charge in [0.1, 0.15) is 5.75 Å². The topological polar surface area (TPSA) is 59.3 Å². The van der Waals surface area contributed by atoms with Crippen LogP contribution in [0.5, 0.6) is 5.75 Å². The molecule has 1 aliphatic rings. The molecule has 0 radical (unpaired) electrons. The number of aliphatic hydroxyl groups excluding tert-OH is 1. The molecule has 1 aliphatic heterocycles. The molecule has 2 heterocycles. The van der Waals surface area contributed by atoms with Gasteiger partial charge in [-0.05, 0) is 31.9 Å². The Bertz CT molecular complexity index is 672. The number of halogens is 1. The van der Waals surface area contributed by atoms with Crippen LogP contribution in [0.1, 0.15) is 22.5 Å². The fourth-order valence-electron chi connectivity index (χ4n) is 3.23. The van der Waals surface area contributed by atoms with E-state index in [-0.39, 0.29) is 19.0 Å². The maximum Gasteiger partial charge on any atom is 0.122 e. The molecule has 5 nitrogen and oxygen atoms in total. The number of fused-ring (bicyclic) bond motifs is 1. The maximum atomic E-state index is 9.08. The predicted octanol–water partition coefficient (Wildman–Crippen LogP) is 2.25. The first-order valence-corrected chi connectivity index (χ1v) is 8.24. The Labute approximate surface area is 149 Å². The lowest BCUT2D eigenvalue weighted by Crippen LogP contribution is -2.31. The van der Waals surface area contributed by atoms with Gasteiger partial charge in [-0.3, -0.25) is 4.68 Å². The van der Waals surface area contributed by atoms with Crippen molar-refractivity contribution in [2.45, 2.75) is 33.4 Å². The van der Waals surface area contributed by atoms with Gasteiger partial charge >= 0.3 is 0 Å². The highest BCUT2D eigenvalue weighted by atomic mass is 35.5. The number of ether oxygens (including phenoxy) is 1. The van der Waals surface area contributed by atoms with E-state index in [9.17, 15) is 0 Å². The summed E-state index contributed by atoms with van der Waals surface area (Å²) in [7, 11) is 0. The van der Waals surface area contributed by atoms with E-state index >= 15 is 0 Å². The first kappa shape index (κ1) is 18.8. The van der Waals surface area contributed by atoms with Crippen LogP contribution in [0.15, 0.2) is 24.3 Å². The Morgan fingerprint density at radius 3 is 2.92 bits per heavy atom. The monoisotopic (exact) mass is 351 g/mol. The fourth-order valence-corrected chi connectivity index (χ4v) is 3.23. The number of hydrogen-bond acceptors (Lipinski definition) is 4. The van der Waals surface area contributed by atoms with Crippen molar-refractivity contribution in [3.63, 3.8) is 0 Å². The molecule has 2 N–H and O–H groups in total.